The van der Waals surface area contributed by atoms with Gasteiger partial charge in [0.05, 0.1) is 17.1 Å². The van der Waals surface area contributed by atoms with Crippen LogP contribution in [0.4, 0.5) is 30.2 Å². The van der Waals surface area contributed by atoms with E-state index in [1.165, 1.54) is 22.5 Å². The lowest BCUT2D eigenvalue weighted by atomic mass is 10.2. The van der Waals surface area contributed by atoms with Gasteiger partial charge >= 0.3 is 6.36 Å². The number of ether oxygens (including phenoxy) is 1. The highest BCUT2D eigenvalue weighted by Gasteiger charge is 2.38. The van der Waals surface area contributed by atoms with Crippen molar-refractivity contribution in [3.63, 3.8) is 0 Å². The highest BCUT2D eigenvalue weighted by Crippen LogP contribution is 2.46. The fourth-order valence-electron chi connectivity index (χ4n) is 2.76. The van der Waals surface area contributed by atoms with Crippen LogP contribution in [0.2, 0.25) is 0 Å². The molecule has 0 fully saturated rings. The summed E-state index contributed by atoms with van der Waals surface area (Å²) in [6.45, 7) is 1.24. The average molecular weight is 385 g/mol. The highest BCUT2D eigenvalue weighted by atomic mass is 32.2. The quantitative estimate of drug-likeness (QED) is 0.771. The van der Waals surface area contributed by atoms with Gasteiger partial charge in [0, 0.05) is 6.54 Å². The Kier molecular flexibility index (Phi) is 5.38. The van der Waals surface area contributed by atoms with Gasteiger partial charge in [0.1, 0.15) is 0 Å². The van der Waals surface area contributed by atoms with Crippen LogP contribution in [0, 0.1) is 0 Å². The van der Waals surface area contributed by atoms with Crippen LogP contribution in [-0.2, 0) is 11.2 Å². The minimum atomic E-state index is -4.83. The molecule has 9 heteroatoms. The Morgan fingerprint density at radius 3 is 2.31 bits per heavy atom. The Balaban J connectivity index is 2.00. The van der Waals surface area contributed by atoms with E-state index < -0.39 is 17.5 Å². The Bertz CT molecular complexity index is 801. The first kappa shape index (κ1) is 18.5. The lowest BCUT2D eigenvalue weighted by Gasteiger charge is -2.22. The van der Waals surface area contributed by atoms with Gasteiger partial charge in [-0.15, -0.1) is 13.2 Å². The van der Waals surface area contributed by atoms with Crippen LogP contribution in [0.1, 0.15) is 6.42 Å². The number of benzene rings is 2. The Morgan fingerprint density at radius 2 is 1.65 bits per heavy atom. The minimum absolute atomic E-state index is 0.103. The summed E-state index contributed by atoms with van der Waals surface area (Å²) in [5.41, 5.74) is 1.39. The maximum absolute atomic E-state index is 13.1. The third-order valence-electron chi connectivity index (χ3n) is 3.81. The van der Waals surface area contributed by atoms with Crippen LogP contribution in [0.15, 0.2) is 48.5 Å². The smallest absolute Gasteiger partial charge is 0.404 e. The van der Waals surface area contributed by atoms with E-state index in [0.717, 1.165) is 13.0 Å². The third-order valence-corrected chi connectivity index (χ3v) is 5.27. The van der Waals surface area contributed by atoms with Crippen molar-refractivity contribution in [1.29, 1.82) is 0 Å². The standard InChI is InChI=1S/C17H18F3N3O2S/c1-21-11-6-12-22-13-7-2-3-8-14(13)23(26(22)24)15-9-4-5-10-16(15)25-17(18,19)20/h2-5,7-10,21H,6,11-12H2,1H3. The molecule has 1 aliphatic heterocycles. The molecule has 0 radical (unpaired) electrons. The molecule has 5 nitrogen and oxygen atoms in total. The van der Waals surface area contributed by atoms with Gasteiger partial charge in [0.2, 0.25) is 11.2 Å². The highest BCUT2D eigenvalue weighted by molar-refractivity contribution is 7.88. The van der Waals surface area contributed by atoms with Crippen LogP contribution < -0.4 is 18.7 Å². The first-order chi connectivity index (χ1) is 12.4. The second-order valence-corrected chi connectivity index (χ2v) is 6.86. The van der Waals surface area contributed by atoms with Crippen molar-refractivity contribution in [1.82, 2.24) is 5.32 Å². The molecule has 2 aromatic rings. The molecular formula is C17H18F3N3O2S. The minimum Gasteiger partial charge on any atom is -0.404 e. The normalized spacial score (nSPS) is 16.7. The fourth-order valence-corrected chi connectivity index (χ4v) is 4.21. The van der Waals surface area contributed by atoms with Crippen molar-refractivity contribution in [2.24, 2.45) is 0 Å². The van der Waals surface area contributed by atoms with E-state index in [-0.39, 0.29) is 11.4 Å². The lowest BCUT2D eigenvalue weighted by molar-refractivity contribution is -0.274. The third kappa shape index (κ3) is 3.78. The summed E-state index contributed by atoms with van der Waals surface area (Å²) in [7, 11) is 1.83. The van der Waals surface area contributed by atoms with Gasteiger partial charge in [-0.1, -0.05) is 24.3 Å². The number of halogens is 3. The molecule has 26 heavy (non-hydrogen) atoms. The first-order valence-corrected chi connectivity index (χ1v) is 9.07. The predicted molar refractivity (Wildman–Crippen MR) is 95.7 cm³/mol. The molecular weight excluding hydrogens is 367 g/mol. The van der Waals surface area contributed by atoms with Crippen molar-refractivity contribution < 1.29 is 22.1 Å². The summed E-state index contributed by atoms with van der Waals surface area (Å²) in [6.07, 6.45) is -4.09. The van der Waals surface area contributed by atoms with Crippen molar-refractivity contribution in [3.05, 3.63) is 48.5 Å². The average Bonchev–Trinajstić information content (AvgIpc) is 2.87. The molecule has 0 saturated heterocycles. The van der Waals surface area contributed by atoms with E-state index >= 15 is 0 Å². The van der Waals surface area contributed by atoms with E-state index in [2.05, 4.69) is 10.1 Å². The summed E-state index contributed by atoms with van der Waals surface area (Å²) in [5.74, 6) is -0.389. The number of nitrogens with zero attached hydrogens (tertiary/aromatic N) is 2. The molecule has 3 rings (SSSR count). The zero-order chi connectivity index (χ0) is 18.7. The maximum Gasteiger partial charge on any atom is 0.573 e. The summed E-state index contributed by atoms with van der Waals surface area (Å²) in [4.78, 5) is 0. The van der Waals surface area contributed by atoms with Crippen molar-refractivity contribution in [2.75, 3.05) is 28.7 Å². The van der Waals surface area contributed by atoms with Crippen LogP contribution in [-0.4, -0.2) is 30.7 Å². The Morgan fingerprint density at radius 1 is 1.04 bits per heavy atom. The fraction of sp³-hybridized carbons (Fsp3) is 0.294. The number of alkyl halides is 3. The summed E-state index contributed by atoms with van der Waals surface area (Å²) in [5, 5.41) is 3.02. The molecule has 1 heterocycles. The molecule has 1 atom stereocenters. The van der Waals surface area contributed by atoms with Crippen molar-refractivity contribution >= 4 is 28.2 Å². The molecule has 0 bridgehead atoms. The molecule has 1 unspecified atom stereocenters. The van der Waals surface area contributed by atoms with E-state index in [0.29, 0.717) is 17.9 Å². The van der Waals surface area contributed by atoms with Gasteiger partial charge in [0.25, 0.3) is 0 Å². The number of nitrogens with one attached hydrogen (secondary N) is 1. The number of hydrogen-bond donors (Lipinski definition) is 1. The molecule has 2 aromatic carbocycles. The topological polar surface area (TPSA) is 44.8 Å². The molecule has 0 aliphatic carbocycles. The van der Waals surface area contributed by atoms with Gasteiger partial charge in [-0.2, -0.15) is 0 Å². The van der Waals surface area contributed by atoms with Gasteiger partial charge in [0.15, 0.2) is 5.75 Å². The van der Waals surface area contributed by atoms with Crippen LogP contribution in [0.5, 0.6) is 5.75 Å². The van der Waals surface area contributed by atoms with E-state index in [1.807, 2.05) is 13.1 Å². The molecule has 1 N–H and O–H groups in total. The van der Waals surface area contributed by atoms with Gasteiger partial charge in [-0.3, -0.25) is 4.31 Å². The van der Waals surface area contributed by atoms with Crippen molar-refractivity contribution in [3.8, 4) is 5.75 Å². The number of para-hydroxylation sites is 4. The van der Waals surface area contributed by atoms with E-state index in [9.17, 15) is 17.4 Å². The van der Waals surface area contributed by atoms with Crippen molar-refractivity contribution in [2.45, 2.75) is 12.8 Å². The largest absolute Gasteiger partial charge is 0.573 e. The Hall–Kier alpha value is -2.26. The van der Waals surface area contributed by atoms with Gasteiger partial charge in [-0.05, 0) is 44.3 Å². The Labute approximate surface area is 152 Å². The number of hydrogen-bond acceptors (Lipinski definition) is 3. The predicted octanol–water partition coefficient (Wildman–Crippen LogP) is 3.73. The van der Waals surface area contributed by atoms with E-state index in [1.54, 1.807) is 28.6 Å². The monoisotopic (exact) mass is 385 g/mol. The number of fused-ring (bicyclic) bond motifs is 1. The molecule has 1 aliphatic rings. The van der Waals surface area contributed by atoms with Gasteiger partial charge < -0.3 is 10.1 Å². The lowest BCUT2D eigenvalue weighted by Crippen LogP contribution is -2.31. The number of anilines is 3. The summed E-state index contributed by atoms with van der Waals surface area (Å²) in [6, 6.07) is 12.8. The maximum atomic E-state index is 13.1. The molecule has 0 spiro atoms. The summed E-state index contributed by atoms with van der Waals surface area (Å²) >= 11 is -1.70. The van der Waals surface area contributed by atoms with Crippen LogP contribution >= 0.6 is 0 Å². The first-order valence-electron chi connectivity index (χ1n) is 8.00. The summed E-state index contributed by atoms with van der Waals surface area (Å²) < 4.78 is 58.5. The van der Waals surface area contributed by atoms with E-state index in [4.69, 9.17) is 0 Å². The SMILES string of the molecule is CNCCCN1c2ccccc2N(c2ccccc2OC(F)(F)F)S1=O. The molecule has 0 amide bonds. The second-order valence-electron chi connectivity index (χ2n) is 5.59. The molecule has 140 valence electrons. The molecule has 0 aromatic heterocycles. The van der Waals surface area contributed by atoms with Gasteiger partial charge in [-0.25, -0.2) is 8.51 Å². The zero-order valence-corrected chi connectivity index (χ0v) is 14.8. The van der Waals surface area contributed by atoms with Crippen LogP contribution in [0.3, 0.4) is 0 Å². The second kappa shape index (κ2) is 7.55. The molecule has 0 saturated carbocycles. The number of rotatable bonds is 6. The van der Waals surface area contributed by atoms with Crippen LogP contribution in [0.25, 0.3) is 0 Å². The zero-order valence-electron chi connectivity index (χ0n) is 14.0.